The fourth-order valence-electron chi connectivity index (χ4n) is 2.00. The standard InChI is InChI=1S/C16H33NO2/c1-12(2)16(7,8)13(18)14(3,4)11-19-15(5,6)9-10-17/h12H,9-11,17H2,1-8H3. The Balaban J connectivity index is 4.77. The lowest BCUT2D eigenvalue weighted by atomic mass is 9.68. The lowest BCUT2D eigenvalue weighted by molar-refractivity contribution is -0.145. The van der Waals surface area contributed by atoms with E-state index in [1.54, 1.807) is 0 Å². The van der Waals surface area contributed by atoms with Gasteiger partial charge in [0.05, 0.1) is 12.2 Å². The van der Waals surface area contributed by atoms with Crippen molar-refractivity contribution in [3.63, 3.8) is 0 Å². The summed E-state index contributed by atoms with van der Waals surface area (Å²) in [5.41, 5.74) is 4.51. The van der Waals surface area contributed by atoms with Crippen molar-refractivity contribution < 1.29 is 9.53 Å². The fourth-order valence-corrected chi connectivity index (χ4v) is 2.00. The van der Waals surface area contributed by atoms with Crippen molar-refractivity contribution in [1.29, 1.82) is 0 Å². The van der Waals surface area contributed by atoms with E-state index in [2.05, 4.69) is 13.8 Å². The molecule has 2 N–H and O–H groups in total. The first kappa shape index (κ1) is 18.6. The Morgan fingerprint density at radius 1 is 1.11 bits per heavy atom. The van der Waals surface area contributed by atoms with Crippen LogP contribution in [0.2, 0.25) is 0 Å². The molecule has 0 atom stereocenters. The first-order valence-corrected chi connectivity index (χ1v) is 7.26. The van der Waals surface area contributed by atoms with Crippen molar-refractivity contribution in [2.75, 3.05) is 13.2 Å². The lowest BCUT2D eigenvalue weighted by Crippen LogP contribution is -2.44. The van der Waals surface area contributed by atoms with Gasteiger partial charge >= 0.3 is 0 Å². The molecule has 0 heterocycles. The molecule has 0 amide bonds. The number of hydrogen-bond acceptors (Lipinski definition) is 3. The highest BCUT2D eigenvalue weighted by Gasteiger charge is 2.41. The Hall–Kier alpha value is -0.410. The highest BCUT2D eigenvalue weighted by molar-refractivity contribution is 5.89. The van der Waals surface area contributed by atoms with Gasteiger partial charge < -0.3 is 10.5 Å². The Morgan fingerprint density at radius 3 is 1.95 bits per heavy atom. The van der Waals surface area contributed by atoms with E-state index >= 15 is 0 Å². The molecular weight excluding hydrogens is 238 g/mol. The maximum atomic E-state index is 12.7. The maximum absolute atomic E-state index is 12.7. The van der Waals surface area contributed by atoms with Gasteiger partial charge in [0.2, 0.25) is 0 Å². The predicted molar refractivity (Wildman–Crippen MR) is 81.1 cm³/mol. The summed E-state index contributed by atoms with van der Waals surface area (Å²) in [6.07, 6.45) is 0.796. The normalized spacial score (nSPS) is 14.0. The molecule has 0 spiro atoms. The van der Waals surface area contributed by atoms with Crippen molar-refractivity contribution in [3.05, 3.63) is 0 Å². The number of ether oxygens (including phenoxy) is 1. The molecule has 0 aliphatic rings. The van der Waals surface area contributed by atoms with Crippen LogP contribution < -0.4 is 5.73 Å². The van der Waals surface area contributed by atoms with Crippen LogP contribution in [0.15, 0.2) is 0 Å². The van der Waals surface area contributed by atoms with Crippen LogP contribution in [-0.2, 0) is 9.53 Å². The fraction of sp³-hybridized carbons (Fsp3) is 0.938. The summed E-state index contributed by atoms with van der Waals surface area (Å²) in [6.45, 7) is 17.2. The van der Waals surface area contributed by atoms with Crippen molar-refractivity contribution in [2.45, 2.75) is 67.4 Å². The van der Waals surface area contributed by atoms with Crippen LogP contribution in [0.4, 0.5) is 0 Å². The van der Waals surface area contributed by atoms with E-state index in [-0.39, 0.29) is 16.8 Å². The van der Waals surface area contributed by atoms with Gasteiger partial charge in [-0.2, -0.15) is 0 Å². The Bertz CT molecular complexity index is 304. The average molecular weight is 271 g/mol. The molecular formula is C16H33NO2. The molecule has 3 heteroatoms. The number of ketones is 1. The van der Waals surface area contributed by atoms with E-state index in [9.17, 15) is 4.79 Å². The summed E-state index contributed by atoms with van der Waals surface area (Å²) >= 11 is 0. The highest BCUT2D eigenvalue weighted by atomic mass is 16.5. The van der Waals surface area contributed by atoms with Crippen molar-refractivity contribution >= 4 is 5.78 Å². The zero-order valence-electron chi connectivity index (χ0n) is 14.1. The Morgan fingerprint density at radius 2 is 1.58 bits per heavy atom. The van der Waals surface area contributed by atoms with E-state index in [1.807, 2.05) is 41.5 Å². The van der Waals surface area contributed by atoms with Gasteiger partial charge in [-0.15, -0.1) is 0 Å². The van der Waals surface area contributed by atoms with Gasteiger partial charge in [0.25, 0.3) is 0 Å². The second-order valence-electron chi connectivity index (χ2n) is 7.68. The highest BCUT2D eigenvalue weighted by Crippen LogP contribution is 2.36. The SMILES string of the molecule is CC(C)C(C)(C)C(=O)C(C)(C)COC(C)(C)CCN. The van der Waals surface area contributed by atoms with Gasteiger partial charge in [0, 0.05) is 10.8 Å². The molecule has 0 saturated carbocycles. The van der Waals surface area contributed by atoms with E-state index in [4.69, 9.17) is 10.5 Å². The molecule has 19 heavy (non-hydrogen) atoms. The number of carbonyl (C=O) groups excluding carboxylic acids is 1. The second kappa shape index (κ2) is 6.36. The summed E-state index contributed by atoms with van der Waals surface area (Å²) in [4.78, 5) is 12.7. The van der Waals surface area contributed by atoms with E-state index in [1.165, 1.54) is 0 Å². The zero-order valence-corrected chi connectivity index (χ0v) is 14.1. The van der Waals surface area contributed by atoms with Crippen LogP contribution in [0.25, 0.3) is 0 Å². The first-order chi connectivity index (χ1) is 8.37. The summed E-state index contributed by atoms with van der Waals surface area (Å²) in [5, 5.41) is 0. The molecule has 3 nitrogen and oxygen atoms in total. The van der Waals surface area contributed by atoms with Crippen LogP contribution in [0.5, 0.6) is 0 Å². The molecule has 0 saturated heterocycles. The molecule has 0 radical (unpaired) electrons. The first-order valence-electron chi connectivity index (χ1n) is 7.26. The monoisotopic (exact) mass is 271 g/mol. The van der Waals surface area contributed by atoms with Crippen LogP contribution in [0.1, 0.15) is 61.8 Å². The number of nitrogens with two attached hydrogens (primary N) is 1. The Labute approximate surface area is 119 Å². The molecule has 0 fully saturated rings. The van der Waals surface area contributed by atoms with Gasteiger partial charge in [0.15, 0.2) is 0 Å². The second-order valence-corrected chi connectivity index (χ2v) is 7.68. The molecule has 0 aromatic rings. The quantitative estimate of drug-likeness (QED) is 0.736. The minimum absolute atomic E-state index is 0.263. The minimum atomic E-state index is -0.473. The van der Waals surface area contributed by atoms with Crippen molar-refractivity contribution in [3.8, 4) is 0 Å². The largest absolute Gasteiger partial charge is 0.375 e. The van der Waals surface area contributed by atoms with Crippen molar-refractivity contribution in [2.24, 2.45) is 22.5 Å². The predicted octanol–water partition coefficient (Wildman–Crippen LogP) is 3.41. The Kier molecular flexibility index (Phi) is 6.22. The third-order valence-corrected chi connectivity index (χ3v) is 4.21. The summed E-state index contributed by atoms with van der Waals surface area (Å²) in [7, 11) is 0. The number of carbonyl (C=O) groups is 1. The minimum Gasteiger partial charge on any atom is -0.375 e. The molecule has 0 bridgehead atoms. The van der Waals surface area contributed by atoms with Gasteiger partial charge in [-0.05, 0) is 32.7 Å². The zero-order chi connectivity index (χ0) is 15.5. The third kappa shape index (κ3) is 5.23. The van der Waals surface area contributed by atoms with E-state index < -0.39 is 5.41 Å². The smallest absolute Gasteiger partial charge is 0.146 e. The van der Waals surface area contributed by atoms with Gasteiger partial charge in [-0.3, -0.25) is 4.79 Å². The van der Waals surface area contributed by atoms with Crippen molar-refractivity contribution in [1.82, 2.24) is 0 Å². The molecule has 114 valence electrons. The summed E-state index contributed by atoms with van der Waals surface area (Å²) < 4.78 is 5.93. The lowest BCUT2D eigenvalue weighted by Gasteiger charge is -2.38. The maximum Gasteiger partial charge on any atom is 0.146 e. The van der Waals surface area contributed by atoms with E-state index in [0.717, 1.165) is 6.42 Å². The molecule has 0 aliphatic carbocycles. The number of Topliss-reactive ketones (excluding diaryl/α,β-unsaturated/α-hetero) is 1. The molecule has 0 aliphatic heterocycles. The van der Waals surface area contributed by atoms with Gasteiger partial charge in [-0.25, -0.2) is 0 Å². The van der Waals surface area contributed by atoms with Gasteiger partial charge in [0.1, 0.15) is 5.78 Å². The topological polar surface area (TPSA) is 52.3 Å². The molecule has 0 aromatic heterocycles. The third-order valence-electron chi connectivity index (χ3n) is 4.21. The van der Waals surface area contributed by atoms with Crippen LogP contribution >= 0.6 is 0 Å². The van der Waals surface area contributed by atoms with Gasteiger partial charge in [-0.1, -0.05) is 41.5 Å². The van der Waals surface area contributed by atoms with Crippen LogP contribution in [0, 0.1) is 16.7 Å². The van der Waals surface area contributed by atoms with Crippen LogP contribution in [-0.4, -0.2) is 24.5 Å². The molecule has 0 aromatic carbocycles. The average Bonchev–Trinajstić information content (AvgIpc) is 2.25. The van der Waals surface area contributed by atoms with E-state index in [0.29, 0.717) is 19.1 Å². The molecule has 0 unspecified atom stereocenters. The summed E-state index contributed by atoms with van der Waals surface area (Å²) in [5.74, 6) is 0.579. The molecule has 0 rings (SSSR count). The summed E-state index contributed by atoms with van der Waals surface area (Å²) in [6, 6.07) is 0. The number of hydrogen-bond donors (Lipinski definition) is 1. The number of rotatable bonds is 8. The van der Waals surface area contributed by atoms with Crippen LogP contribution in [0.3, 0.4) is 0 Å².